The second kappa shape index (κ2) is 8.99. The van der Waals surface area contributed by atoms with Crippen LogP contribution in [0.3, 0.4) is 0 Å². The number of amides is 1. The smallest absolute Gasteiger partial charge is 0.410 e. The van der Waals surface area contributed by atoms with Gasteiger partial charge in [0.15, 0.2) is 5.82 Å². The van der Waals surface area contributed by atoms with Gasteiger partial charge in [-0.25, -0.2) is 18.2 Å². The molecule has 3 aromatic rings. The van der Waals surface area contributed by atoms with Crippen molar-refractivity contribution in [2.75, 3.05) is 24.2 Å². The van der Waals surface area contributed by atoms with Crippen molar-refractivity contribution in [1.29, 1.82) is 5.26 Å². The SMILES string of the molecule is CC(C)(C)OC(=O)N1[C@@H]2CC[C@H]1CN(c1nc(S(C)(=O)=O)nc(-c3ccc4ccccc4c3)c1C#N)C2. The first-order valence-corrected chi connectivity index (χ1v) is 14.1. The minimum absolute atomic E-state index is 0.124. The van der Waals surface area contributed by atoms with Crippen molar-refractivity contribution in [2.24, 2.45) is 0 Å². The summed E-state index contributed by atoms with van der Waals surface area (Å²) in [4.78, 5) is 25.3. The van der Waals surface area contributed by atoms with E-state index in [0.29, 0.717) is 18.7 Å². The summed E-state index contributed by atoms with van der Waals surface area (Å²) in [7, 11) is -3.76. The van der Waals surface area contributed by atoms with E-state index in [4.69, 9.17) is 4.74 Å². The van der Waals surface area contributed by atoms with Crippen molar-refractivity contribution < 1.29 is 17.9 Å². The molecule has 2 bridgehead atoms. The van der Waals surface area contributed by atoms with E-state index in [1.54, 1.807) is 4.90 Å². The zero-order valence-corrected chi connectivity index (χ0v) is 22.1. The standard InChI is InChI=1S/C27H29N5O4S/c1-27(2,3)36-26(33)32-20-11-12-21(32)16-31(15-20)24-22(14-28)23(29-25(30-24)37(4,34)35)19-10-9-17-7-5-6-8-18(17)13-19/h5-10,13,20-21H,11-12,15-16H2,1-4H3/t20-,21+. The minimum Gasteiger partial charge on any atom is -0.444 e. The molecule has 0 N–H and O–H groups in total. The van der Waals surface area contributed by atoms with E-state index in [1.165, 1.54) is 0 Å². The van der Waals surface area contributed by atoms with Crippen LogP contribution in [-0.4, -0.2) is 66.4 Å². The van der Waals surface area contributed by atoms with Crippen molar-refractivity contribution >= 4 is 32.5 Å². The Bertz CT molecular complexity index is 1530. The van der Waals surface area contributed by atoms with Crippen LogP contribution in [0.25, 0.3) is 22.0 Å². The molecule has 37 heavy (non-hydrogen) atoms. The number of nitriles is 1. The number of piperazine rings is 1. The van der Waals surface area contributed by atoms with E-state index in [-0.39, 0.29) is 40.4 Å². The maximum absolute atomic E-state index is 12.9. The molecule has 5 rings (SSSR count). The molecule has 0 saturated carbocycles. The van der Waals surface area contributed by atoms with Gasteiger partial charge in [-0.3, -0.25) is 4.90 Å². The van der Waals surface area contributed by atoms with Crippen LogP contribution in [0.1, 0.15) is 39.2 Å². The third-order valence-corrected chi connectivity index (χ3v) is 7.57. The van der Waals surface area contributed by atoms with Gasteiger partial charge in [0, 0.05) is 24.9 Å². The molecule has 2 aliphatic heterocycles. The Kier molecular flexibility index (Phi) is 6.07. The van der Waals surface area contributed by atoms with Crippen LogP contribution >= 0.6 is 0 Å². The number of anilines is 1. The monoisotopic (exact) mass is 519 g/mol. The Morgan fingerprint density at radius 3 is 2.30 bits per heavy atom. The number of carbonyl (C=O) groups excluding carboxylic acids is 1. The van der Waals surface area contributed by atoms with Gasteiger partial charge in [-0.05, 0) is 50.5 Å². The van der Waals surface area contributed by atoms with Crippen LogP contribution in [0.15, 0.2) is 47.6 Å². The number of hydrogen-bond donors (Lipinski definition) is 0. The van der Waals surface area contributed by atoms with Gasteiger partial charge in [-0.1, -0.05) is 36.4 Å². The summed E-state index contributed by atoms with van der Waals surface area (Å²) in [5.74, 6) is 0.279. The third kappa shape index (κ3) is 4.83. The topological polar surface area (TPSA) is 116 Å². The number of rotatable bonds is 3. The summed E-state index contributed by atoms with van der Waals surface area (Å²) >= 11 is 0. The molecule has 9 nitrogen and oxygen atoms in total. The van der Waals surface area contributed by atoms with E-state index >= 15 is 0 Å². The number of fused-ring (bicyclic) bond motifs is 3. The molecule has 1 aromatic heterocycles. The van der Waals surface area contributed by atoms with Gasteiger partial charge < -0.3 is 9.64 Å². The van der Waals surface area contributed by atoms with E-state index in [0.717, 1.165) is 29.9 Å². The Hall–Kier alpha value is -3.71. The number of sulfone groups is 1. The quantitative estimate of drug-likeness (QED) is 0.474. The minimum atomic E-state index is -3.76. The molecule has 0 unspecified atom stereocenters. The maximum atomic E-state index is 12.9. The van der Waals surface area contributed by atoms with E-state index in [2.05, 4.69) is 16.0 Å². The summed E-state index contributed by atoms with van der Waals surface area (Å²) in [6.45, 7) is 6.35. The molecule has 2 saturated heterocycles. The highest BCUT2D eigenvalue weighted by Crippen LogP contribution is 2.37. The molecule has 2 aromatic carbocycles. The van der Waals surface area contributed by atoms with Crippen molar-refractivity contribution in [1.82, 2.24) is 14.9 Å². The second-order valence-corrected chi connectivity index (χ2v) is 12.6. The predicted octanol–water partition coefficient (Wildman–Crippen LogP) is 4.16. The average molecular weight is 520 g/mol. The van der Waals surface area contributed by atoms with Crippen molar-refractivity contribution in [2.45, 2.75) is 56.5 Å². The largest absolute Gasteiger partial charge is 0.444 e. The highest BCUT2D eigenvalue weighted by Gasteiger charge is 2.45. The number of nitrogens with zero attached hydrogens (tertiary/aromatic N) is 5. The Morgan fingerprint density at radius 2 is 1.70 bits per heavy atom. The predicted molar refractivity (Wildman–Crippen MR) is 140 cm³/mol. The highest BCUT2D eigenvalue weighted by molar-refractivity contribution is 7.90. The highest BCUT2D eigenvalue weighted by atomic mass is 32.2. The summed E-state index contributed by atoms with van der Waals surface area (Å²) in [5, 5.41) is 11.9. The maximum Gasteiger partial charge on any atom is 0.410 e. The summed E-state index contributed by atoms with van der Waals surface area (Å²) in [6.07, 6.45) is 2.30. The van der Waals surface area contributed by atoms with E-state index in [1.807, 2.05) is 68.1 Å². The number of aromatic nitrogens is 2. The molecular formula is C27H29N5O4S. The van der Waals surface area contributed by atoms with E-state index < -0.39 is 15.4 Å². The van der Waals surface area contributed by atoms with Crippen LogP contribution in [0.4, 0.5) is 10.6 Å². The number of benzene rings is 2. The van der Waals surface area contributed by atoms with E-state index in [9.17, 15) is 18.5 Å². The lowest BCUT2D eigenvalue weighted by atomic mass is 10.0. The van der Waals surface area contributed by atoms with Gasteiger partial charge in [0.25, 0.3) is 0 Å². The first-order valence-electron chi connectivity index (χ1n) is 12.2. The van der Waals surface area contributed by atoms with Gasteiger partial charge in [0.2, 0.25) is 15.0 Å². The molecule has 0 radical (unpaired) electrons. The fourth-order valence-electron chi connectivity index (χ4n) is 5.16. The molecule has 2 fully saturated rings. The van der Waals surface area contributed by atoms with Gasteiger partial charge in [0.05, 0.1) is 17.8 Å². The Balaban J connectivity index is 1.58. The zero-order chi connectivity index (χ0) is 26.5. The molecule has 1 amide bonds. The van der Waals surface area contributed by atoms with Gasteiger partial charge in [-0.2, -0.15) is 10.2 Å². The molecular weight excluding hydrogens is 490 g/mol. The van der Waals surface area contributed by atoms with Crippen LogP contribution in [-0.2, 0) is 14.6 Å². The average Bonchev–Trinajstić information content (AvgIpc) is 3.11. The molecule has 3 heterocycles. The zero-order valence-electron chi connectivity index (χ0n) is 21.3. The van der Waals surface area contributed by atoms with Crippen LogP contribution in [0.5, 0.6) is 0 Å². The molecule has 0 spiro atoms. The first-order chi connectivity index (χ1) is 17.4. The summed E-state index contributed by atoms with van der Waals surface area (Å²) < 4.78 is 30.8. The number of hydrogen-bond acceptors (Lipinski definition) is 8. The lowest BCUT2D eigenvalue weighted by Gasteiger charge is -2.42. The fourth-order valence-corrected chi connectivity index (χ4v) is 5.67. The lowest BCUT2D eigenvalue weighted by Crippen LogP contribution is -2.57. The van der Waals surface area contributed by atoms with Crippen molar-refractivity contribution in [3.8, 4) is 17.3 Å². The van der Waals surface area contributed by atoms with Crippen LogP contribution in [0.2, 0.25) is 0 Å². The van der Waals surface area contributed by atoms with Gasteiger partial charge >= 0.3 is 6.09 Å². The first kappa shape index (κ1) is 25.0. The Morgan fingerprint density at radius 1 is 1.05 bits per heavy atom. The molecule has 10 heteroatoms. The van der Waals surface area contributed by atoms with Crippen molar-refractivity contribution in [3.63, 3.8) is 0 Å². The fraction of sp³-hybridized carbons (Fsp3) is 0.407. The van der Waals surface area contributed by atoms with Gasteiger partial charge in [0.1, 0.15) is 17.2 Å². The normalized spacial score (nSPS) is 19.6. The van der Waals surface area contributed by atoms with Crippen LogP contribution in [0, 0.1) is 11.3 Å². The van der Waals surface area contributed by atoms with Crippen molar-refractivity contribution in [3.05, 3.63) is 48.0 Å². The second-order valence-electron chi connectivity index (χ2n) is 10.7. The summed E-state index contributed by atoms with van der Waals surface area (Å²) in [6, 6.07) is 15.5. The van der Waals surface area contributed by atoms with Gasteiger partial charge in [-0.15, -0.1) is 0 Å². The number of ether oxygens (including phenoxy) is 1. The molecule has 2 atom stereocenters. The number of carbonyl (C=O) groups is 1. The Labute approximate surface area is 216 Å². The lowest BCUT2D eigenvalue weighted by molar-refractivity contribution is 0.0122. The molecule has 192 valence electrons. The third-order valence-electron chi connectivity index (χ3n) is 6.72. The summed E-state index contributed by atoms with van der Waals surface area (Å²) in [5.41, 5.74) is 0.528. The van der Waals surface area contributed by atoms with Crippen LogP contribution < -0.4 is 4.90 Å². The molecule has 2 aliphatic rings. The molecule has 0 aliphatic carbocycles.